The van der Waals surface area contributed by atoms with Crippen LogP contribution in [0.4, 0.5) is 0 Å². The largest absolute Gasteiger partial charge is 0.481 e. The monoisotopic (exact) mass is 544 g/mol. The maximum Gasteiger partial charge on any atom is 0.233 e. The summed E-state index contributed by atoms with van der Waals surface area (Å²) in [5.41, 5.74) is 0.108. The molecule has 0 bridgehead atoms. The molecule has 2 aromatic rings. The topological polar surface area (TPSA) is 123 Å². The fraction of sp³-hybridized carbons (Fsp3) is 0.630. The van der Waals surface area contributed by atoms with Crippen molar-refractivity contribution in [1.29, 1.82) is 5.26 Å². The Kier molecular flexibility index (Phi) is 9.39. The van der Waals surface area contributed by atoms with Crippen LogP contribution in [-0.2, 0) is 20.6 Å². The van der Waals surface area contributed by atoms with Crippen LogP contribution >= 0.6 is 11.6 Å². The van der Waals surface area contributed by atoms with Gasteiger partial charge >= 0.3 is 0 Å². The lowest BCUT2D eigenvalue weighted by Crippen LogP contribution is -2.51. The molecule has 0 aliphatic carbocycles. The molecule has 4 heterocycles. The van der Waals surface area contributed by atoms with E-state index in [2.05, 4.69) is 40.5 Å². The van der Waals surface area contributed by atoms with Gasteiger partial charge in [-0.2, -0.15) is 5.26 Å². The van der Waals surface area contributed by atoms with Gasteiger partial charge in [0.2, 0.25) is 11.8 Å². The predicted molar refractivity (Wildman–Crippen MR) is 142 cm³/mol. The average molecular weight is 545 g/mol. The Labute approximate surface area is 229 Å². The normalized spacial score (nSPS) is 29.1. The summed E-state index contributed by atoms with van der Waals surface area (Å²) in [6.45, 7) is 7.61. The molecule has 2 N–H and O–H groups in total. The van der Waals surface area contributed by atoms with E-state index in [1.165, 1.54) is 0 Å². The fourth-order valence-corrected chi connectivity index (χ4v) is 5.86. The van der Waals surface area contributed by atoms with Crippen molar-refractivity contribution >= 4 is 11.6 Å². The minimum Gasteiger partial charge on any atom is -0.481 e. The van der Waals surface area contributed by atoms with Gasteiger partial charge in [-0.1, -0.05) is 25.4 Å². The number of methoxy groups -OCH3 is 2. The van der Waals surface area contributed by atoms with E-state index >= 15 is 0 Å². The number of nitriles is 1. The molecule has 2 aliphatic rings. The Hall–Kier alpha value is -2.55. The van der Waals surface area contributed by atoms with Gasteiger partial charge in [0.15, 0.2) is 0 Å². The Morgan fingerprint density at radius 3 is 2.61 bits per heavy atom. The molecule has 0 unspecified atom stereocenters. The van der Waals surface area contributed by atoms with E-state index in [0.29, 0.717) is 48.7 Å². The van der Waals surface area contributed by atoms with Gasteiger partial charge in [-0.25, -0.2) is 9.97 Å². The zero-order valence-corrected chi connectivity index (χ0v) is 23.3. The van der Waals surface area contributed by atoms with Crippen LogP contribution in [0, 0.1) is 23.2 Å². The van der Waals surface area contributed by atoms with Gasteiger partial charge in [0, 0.05) is 69.5 Å². The molecule has 11 heteroatoms. The summed E-state index contributed by atoms with van der Waals surface area (Å²) >= 11 is 6.64. The molecule has 2 aromatic heterocycles. The predicted octanol–water partition coefficient (Wildman–Crippen LogP) is 3.21. The second-order valence-electron chi connectivity index (χ2n) is 10.0. The van der Waals surface area contributed by atoms with Crippen LogP contribution in [0.2, 0.25) is 5.02 Å². The lowest BCUT2D eigenvalue weighted by atomic mass is 9.77. The van der Waals surface area contributed by atoms with Crippen LogP contribution < -0.4 is 20.1 Å². The molecular formula is C27H37ClN6O4. The molecule has 2 saturated heterocycles. The fourth-order valence-electron chi connectivity index (χ4n) is 5.59. The van der Waals surface area contributed by atoms with Crippen molar-refractivity contribution in [3.8, 4) is 17.8 Å². The van der Waals surface area contributed by atoms with Crippen molar-refractivity contribution in [3.63, 3.8) is 0 Å². The van der Waals surface area contributed by atoms with Crippen LogP contribution in [0.1, 0.15) is 44.4 Å². The average Bonchev–Trinajstić information content (AvgIpc) is 3.24. The van der Waals surface area contributed by atoms with E-state index in [0.717, 1.165) is 25.1 Å². The van der Waals surface area contributed by atoms with Crippen molar-refractivity contribution in [1.82, 2.24) is 25.6 Å². The maximum atomic E-state index is 9.68. The summed E-state index contributed by atoms with van der Waals surface area (Å²) in [6, 6.07) is 4.17. The van der Waals surface area contributed by atoms with Gasteiger partial charge in [-0.15, -0.1) is 0 Å². The number of halogens is 1. The number of pyridine rings is 1. The molecule has 0 aromatic carbocycles. The van der Waals surface area contributed by atoms with E-state index in [1.807, 2.05) is 6.07 Å². The number of rotatable bonds is 11. The third-order valence-electron chi connectivity index (χ3n) is 7.92. The highest BCUT2D eigenvalue weighted by Gasteiger charge is 2.49. The number of ether oxygens (including phenoxy) is 4. The highest BCUT2D eigenvalue weighted by Crippen LogP contribution is 2.44. The molecule has 5 atom stereocenters. The first-order valence-electron chi connectivity index (χ1n) is 13.0. The number of aromatic nitrogens is 3. The molecule has 2 fully saturated rings. The Morgan fingerprint density at radius 2 is 1.92 bits per heavy atom. The first kappa shape index (κ1) is 28.5. The van der Waals surface area contributed by atoms with Crippen LogP contribution in [0.3, 0.4) is 0 Å². The van der Waals surface area contributed by atoms with E-state index in [9.17, 15) is 5.26 Å². The molecule has 0 radical (unpaired) electrons. The third-order valence-corrected chi connectivity index (χ3v) is 8.22. The standard InChI is InChI=1S/C27H37ClN6O4/c1-18-13-30-9-7-27(18,20-12-24(36-4)32-14-21(20)28)38-25-17-31-23(16-33-25)26(6-8-29)19(2)22(15-34-26)37-11-5-10-35-3/h12,14,16-19,22,30,34H,5-7,9-11,13,15H2,1-4H3/t18-,19-,22+,26+,27-/m1/s1. The van der Waals surface area contributed by atoms with Gasteiger partial charge in [0.1, 0.15) is 5.60 Å². The van der Waals surface area contributed by atoms with E-state index < -0.39 is 11.1 Å². The second kappa shape index (κ2) is 12.5. The number of nitrogens with zero attached hydrogens (tertiary/aromatic N) is 4. The van der Waals surface area contributed by atoms with Crippen LogP contribution in [0.15, 0.2) is 24.7 Å². The zero-order valence-electron chi connectivity index (χ0n) is 22.5. The minimum absolute atomic E-state index is 0.0182. The summed E-state index contributed by atoms with van der Waals surface area (Å²) in [5, 5.41) is 17.1. The van der Waals surface area contributed by atoms with Gasteiger partial charge < -0.3 is 29.6 Å². The molecule has 2 aliphatic heterocycles. The first-order valence-corrected chi connectivity index (χ1v) is 13.4. The molecule has 38 heavy (non-hydrogen) atoms. The van der Waals surface area contributed by atoms with Gasteiger partial charge in [0.05, 0.1) is 54.4 Å². The highest BCUT2D eigenvalue weighted by molar-refractivity contribution is 6.31. The van der Waals surface area contributed by atoms with Crippen LogP contribution in [-0.4, -0.2) is 68.1 Å². The molecule has 0 spiro atoms. The van der Waals surface area contributed by atoms with Crippen molar-refractivity contribution in [2.45, 2.75) is 50.4 Å². The van der Waals surface area contributed by atoms with Crippen molar-refractivity contribution < 1.29 is 18.9 Å². The summed E-state index contributed by atoms with van der Waals surface area (Å²) in [5.74, 6) is 0.960. The maximum absolute atomic E-state index is 9.68. The molecule has 10 nitrogen and oxygen atoms in total. The second-order valence-corrected chi connectivity index (χ2v) is 10.4. The minimum atomic E-state index is -0.737. The number of hydrogen-bond donors (Lipinski definition) is 2. The smallest absolute Gasteiger partial charge is 0.233 e. The third kappa shape index (κ3) is 5.58. The number of piperidine rings is 1. The molecular weight excluding hydrogens is 508 g/mol. The first-order chi connectivity index (χ1) is 18.4. The summed E-state index contributed by atoms with van der Waals surface area (Å²) in [4.78, 5) is 13.7. The van der Waals surface area contributed by atoms with Crippen molar-refractivity contribution in [2.24, 2.45) is 11.8 Å². The summed E-state index contributed by atoms with van der Waals surface area (Å²) in [7, 11) is 3.26. The summed E-state index contributed by atoms with van der Waals surface area (Å²) < 4.78 is 23.3. The quantitative estimate of drug-likeness (QED) is 0.407. The molecule has 0 amide bonds. The van der Waals surface area contributed by atoms with E-state index in [-0.39, 0.29) is 24.4 Å². The lowest BCUT2D eigenvalue weighted by molar-refractivity contribution is -0.0180. The van der Waals surface area contributed by atoms with Gasteiger partial charge in [-0.3, -0.25) is 4.98 Å². The van der Waals surface area contributed by atoms with Gasteiger partial charge in [0.25, 0.3) is 0 Å². The Morgan fingerprint density at radius 1 is 1.11 bits per heavy atom. The summed E-state index contributed by atoms with van der Waals surface area (Å²) in [6.07, 6.45) is 6.65. The number of hydrogen-bond acceptors (Lipinski definition) is 10. The van der Waals surface area contributed by atoms with Gasteiger partial charge in [-0.05, 0) is 13.0 Å². The lowest BCUT2D eigenvalue weighted by Gasteiger charge is -2.43. The molecule has 206 valence electrons. The van der Waals surface area contributed by atoms with Crippen molar-refractivity contribution in [2.75, 3.05) is 47.1 Å². The van der Waals surface area contributed by atoms with E-state index in [4.69, 9.17) is 35.5 Å². The van der Waals surface area contributed by atoms with E-state index in [1.54, 1.807) is 32.8 Å². The Balaban J connectivity index is 1.59. The van der Waals surface area contributed by atoms with Crippen LogP contribution in [0.5, 0.6) is 11.8 Å². The zero-order chi connectivity index (χ0) is 27.2. The number of nitrogens with one attached hydrogen (secondary N) is 2. The highest BCUT2D eigenvalue weighted by atomic mass is 35.5. The molecule has 4 rings (SSSR count). The Bertz CT molecular complexity index is 1120. The SMILES string of the molecule is COCCCO[C@H]1CN[C@](CC#N)(c2cnc(O[C@]3(c4cc(OC)ncc4Cl)CCNC[C@H]3C)cn2)[C@@H]1C. The van der Waals surface area contributed by atoms with Crippen LogP contribution in [0.25, 0.3) is 0 Å². The van der Waals surface area contributed by atoms with Crippen molar-refractivity contribution in [3.05, 3.63) is 40.9 Å². The molecule has 0 saturated carbocycles.